The van der Waals surface area contributed by atoms with E-state index in [1.807, 2.05) is 6.92 Å². The van der Waals surface area contributed by atoms with E-state index in [1.165, 1.54) is 0 Å². The van der Waals surface area contributed by atoms with Gasteiger partial charge in [0.05, 0.1) is 5.92 Å². The van der Waals surface area contributed by atoms with Crippen molar-refractivity contribution in [2.24, 2.45) is 5.92 Å². The number of carbonyl (C=O) groups excluding carboxylic acids is 1. The van der Waals surface area contributed by atoms with Gasteiger partial charge < -0.3 is 20.4 Å². The molecule has 100 valence electrons. The quantitative estimate of drug-likeness (QED) is 0.582. The van der Waals surface area contributed by atoms with Crippen molar-refractivity contribution < 1.29 is 19.8 Å². The molecule has 0 aliphatic carbocycles. The lowest BCUT2D eigenvalue weighted by Crippen LogP contribution is -2.41. The molecule has 0 bridgehead atoms. The Morgan fingerprint density at radius 3 is 2.53 bits per heavy atom. The molecule has 0 aromatic rings. The summed E-state index contributed by atoms with van der Waals surface area (Å²) < 4.78 is 0. The van der Waals surface area contributed by atoms with Crippen LogP contribution in [0.3, 0.4) is 0 Å². The molecule has 0 fully saturated rings. The van der Waals surface area contributed by atoms with E-state index in [0.717, 1.165) is 0 Å². The van der Waals surface area contributed by atoms with E-state index in [0.29, 0.717) is 32.5 Å². The van der Waals surface area contributed by atoms with Crippen molar-refractivity contribution in [2.75, 3.05) is 26.2 Å². The number of carbonyl (C=O) groups is 2. The summed E-state index contributed by atoms with van der Waals surface area (Å²) >= 11 is 0. The lowest BCUT2D eigenvalue weighted by Gasteiger charge is -2.21. The Hall–Kier alpha value is -1.30. The zero-order chi connectivity index (χ0) is 13.3. The summed E-state index contributed by atoms with van der Waals surface area (Å²) in [7, 11) is 0. The van der Waals surface area contributed by atoms with Crippen molar-refractivity contribution in [3.8, 4) is 0 Å². The summed E-state index contributed by atoms with van der Waals surface area (Å²) in [4.78, 5) is 23.8. The highest BCUT2D eigenvalue weighted by Gasteiger charge is 2.13. The number of aliphatic hydroxyl groups excluding tert-OH is 1. The van der Waals surface area contributed by atoms with Gasteiger partial charge in [0.2, 0.25) is 0 Å². The van der Waals surface area contributed by atoms with E-state index in [1.54, 1.807) is 11.8 Å². The zero-order valence-corrected chi connectivity index (χ0v) is 10.5. The van der Waals surface area contributed by atoms with Crippen molar-refractivity contribution in [1.29, 1.82) is 0 Å². The normalized spacial score (nSPS) is 11.9. The van der Waals surface area contributed by atoms with Gasteiger partial charge >= 0.3 is 12.0 Å². The second-order valence-electron chi connectivity index (χ2n) is 3.92. The minimum atomic E-state index is -0.855. The zero-order valence-electron chi connectivity index (χ0n) is 10.5. The van der Waals surface area contributed by atoms with Gasteiger partial charge in [0.25, 0.3) is 0 Å². The molecule has 0 radical (unpaired) electrons. The Morgan fingerprint density at radius 2 is 2.06 bits per heavy atom. The van der Waals surface area contributed by atoms with Crippen LogP contribution in [0.15, 0.2) is 0 Å². The smallest absolute Gasteiger partial charge is 0.317 e. The summed E-state index contributed by atoms with van der Waals surface area (Å²) in [6.07, 6.45) is 0.964. The third kappa shape index (κ3) is 6.78. The minimum Gasteiger partial charge on any atom is -0.481 e. The van der Waals surface area contributed by atoms with Crippen LogP contribution in [-0.2, 0) is 4.79 Å². The van der Waals surface area contributed by atoms with Gasteiger partial charge in [0.1, 0.15) is 0 Å². The van der Waals surface area contributed by atoms with Crippen molar-refractivity contribution >= 4 is 12.0 Å². The van der Waals surface area contributed by atoms with E-state index < -0.39 is 11.9 Å². The first-order chi connectivity index (χ1) is 8.02. The molecule has 0 aliphatic rings. The highest BCUT2D eigenvalue weighted by Crippen LogP contribution is 2.00. The lowest BCUT2D eigenvalue weighted by atomic mass is 10.1. The van der Waals surface area contributed by atoms with Crippen LogP contribution in [0, 0.1) is 5.92 Å². The summed E-state index contributed by atoms with van der Waals surface area (Å²) in [6, 6.07) is -0.210. The predicted octanol–water partition coefficient (Wildman–Crippen LogP) is 0.511. The molecule has 0 saturated heterocycles. The first-order valence-corrected chi connectivity index (χ1v) is 5.89. The van der Waals surface area contributed by atoms with Crippen LogP contribution < -0.4 is 5.32 Å². The number of hydrogen-bond acceptors (Lipinski definition) is 3. The number of aliphatic hydroxyl groups is 1. The van der Waals surface area contributed by atoms with Crippen LogP contribution in [0.5, 0.6) is 0 Å². The van der Waals surface area contributed by atoms with E-state index in [-0.39, 0.29) is 12.6 Å². The topological polar surface area (TPSA) is 89.9 Å². The Balaban J connectivity index is 3.86. The third-order valence-electron chi connectivity index (χ3n) is 2.53. The maximum atomic E-state index is 11.6. The maximum Gasteiger partial charge on any atom is 0.317 e. The molecule has 0 heterocycles. The van der Waals surface area contributed by atoms with Crippen molar-refractivity contribution in [1.82, 2.24) is 10.2 Å². The number of hydrogen-bond donors (Lipinski definition) is 3. The van der Waals surface area contributed by atoms with Crippen LogP contribution in [0.4, 0.5) is 4.79 Å². The molecule has 6 nitrogen and oxygen atoms in total. The summed E-state index contributed by atoms with van der Waals surface area (Å²) in [5, 5.41) is 20.0. The van der Waals surface area contributed by atoms with Crippen molar-refractivity contribution in [3.63, 3.8) is 0 Å². The average molecular weight is 246 g/mol. The van der Waals surface area contributed by atoms with Gasteiger partial charge in [-0.05, 0) is 19.8 Å². The van der Waals surface area contributed by atoms with Gasteiger partial charge in [-0.15, -0.1) is 0 Å². The Morgan fingerprint density at radius 1 is 1.41 bits per heavy atom. The standard InChI is InChI=1S/C11H22N2O4/c1-3-13(7-4-8-14)11(17)12-6-5-9(2)10(15)16/h9,14H,3-8H2,1-2H3,(H,12,17)(H,15,16). The minimum absolute atomic E-state index is 0.0554. The molecule has 0 aromatic heterocycles. The lowest BCUT2D eigenvalue weighted by molar-refractivity contribution is -0.141. The van der Waals surface area contributed by atoms with Gasteiger partial charge in [-0.2, -0.15) is 0 Å². The molecular formula is C11H22N2O4. The van der Waals surface area contributed by atoms with Crippen molar-refractivity contribution in [3.05, 3.63) is 0 Å². The fraction of sp³-hybridized carbons (Fsp3) is 0.818. The molecule has 0 aromatic carbocycles. The SMILES string of the molecule is CCN(CCCO)C(=O)NCCC(C)C(=O)O. The molecule has 0 rings (SSSR count). The maximum absolute atomic E-state index is 11.6. The Bertz CT molecular complexity index is 246. The molecule has 1 atom stereocenters. The molecule has 17 heavy (non-hydrogen) atoms. The van der Waals surface area contributed by atoms with Crippen LogP contribution in [0.1, 0.15) is 26.7 Å². The fourth-order valence-corrected chi connectivity index (χ4v) is 1.30. The number of nitrogens with zero attached hydrogens (tertiary/aromatic N) is 1. The molecule has 0 aliphatic heterocycles. The first kappa shape index (κ1) is 15.7. The van der Waals surface area contributed by atoms with Crippen LogP contribution in [0.2, 0.25) is 0 Å². The average Bonchev–Trinajstić information content (AvgIpc) is 2.29. The highest BCUT2D eigenvalue weighted by atomic mass is 16.4. The van der Waals surface area contributed by atoms with Gasteiger partial charge in [0, 0.05) is 26.2 Å². The molecule has 2 amide bonds. The van der Waals surface area contributed by atoms with Crippen LogP contribution in [0.25, 0.3) is 0 Å². The monoisotopic (exact) mass is 246 g/mol. The third-order valence-corrected chi connectivity index (χ3v) is 2.53. The van der Waals surface area contributed by atoms with E-state index in [4.69, 9.17) is 10.2 Å². The molecule has 6 heteroatoms. The van der Waals surface area contributed by atoms with Gasteiger partial charge in [0.15, 0.2) is 0 Å². The van der Waals surface area contributed by atoms with E-state index >= 15 is 0 Å². The Labute approximate surface area is 102 Å². The summed E-state index contributed by atoms with van der Waals surface area (Å²) in [5.41, 5.74) is 0. The van der Waals surface area contributed by atoms with Crippen molar-refractivity contribution in [2.45, 2.75) is 26.7 Å². The summed E-state index contributed by atoms with van der Waals surface area (Å²) in [6.45, 7) is 4.95. The number of aliphatic carboxylic acids is 1. The second kappa shape index (κ2) is 8.81. The van der Waals surface area contributed by atoms with Crippen LogP contribution in [-0.4, -0.2) is 53.4 Å². The molecule has 1 unspecified atom stereocenters. The number of urea groups is 1. The van der Waals surface area contributed by atoms with Gasteiger partial charge in [-0.1, -0.05) is 6.92 Å². The fourth-order valence-electron chi connectivity index (χ4n) is 1.30. The number of amides is 2. The second-order valence-corrected chi connectivity index (χ2v) is 3.92. The summed E-state index contributed by atoms with van der Waals surface area (Å²) in [5.74, 6) is -1.31. The number of nitrogens with one attached hydrogen (secondary N) is 1. The Kier molecular flexibility index (Phi) is 8.13. The van der Waals surface area contributed by atoms with E-state index in [2.05, 4.69) is 5.32 Å². The highest BCUT2D eigenvalue weighted by molar-refractivity contribution is 5.74. The molecule has 0 saturated carbocycles. The van der Waals surface area contributed by atoms with Gasteiger partial charge in [-0.25, -0.2) is 4.79 Å². The first-order valence-electron chi connectivity index (χ1n) is 5.89. The number of carboxylic acid groups (broad SMARTS) is 1. The largest absolute Gasteiger partial charge is 0.481 e. The number of carboxylic acids is 1. The van der Waals surface area contributed by atoms with Crippen LogP contribution >= 0.6 is 0 Å². The molecule has 0 spiro atoms. The molecular weight excluding hydrogens is 224 g/mol. The molecule has 3 N–H and O–H groups in total. The van der Waals surface area contributed by atoms with Gasteiger partial charge in [-0.3, -0.25) is 4.79 Å². The van der Waals surface area contributed by atoms with E-state index in [9.17, 15) is 9.59 Å². The predicted molar refractivity (Wildman–Crippen MR) is 63.8 cm³/mol. The number of rotatable bonds is 8.